The predicted molar refractivity (Wildman–Crippen MR) is 163 cm³/mol. The molecular weight excluding hydrogens is 594 g/mol. The van der Waals surface area contributed by atoms with Gasteiger partial charge in [-0.25, -0.2) is 14.6 Å². The normalized spacial score (nSPS) is 15.5. The molecule has 0 bridgehead atoms. The number of hydrogen-bond donors (Lipinski definition) is 6. The Morgan fingerprint density at radius 3 is 2.23 bits per heavy atom. The van der Waals surface area contributed by atoms with Crippen molar-refractivity contribution in [1.29, 1.82) is 0 Å². The van der Waals surface area contributed by atoms with Crippen LogP contribution in [0, 0.1) is 0 Å². The first-order chi connectivity index (χ1) is 20.9. The summed E-state index contributed by atoms with van der Waals surface area (Å²) in [5.74, 6) is -2.82. The number of amidine groups is 1. The number of carbonyl (C=O) groups is 4. The number of carboxylic acids is 1. The molecule has 0 aliphatic carbocycles. The summed E-state index contributed by atoms with van der Waals surface area (Å²) in [5, 5.41) is 22.5. The molecule has 2 unspecified atom stereocenters. The fourth-order valence-corrected chi connectivity index (χ4v) is 4.98. The van der Waals surface area contributed by atoms with Crippen LogP contribution in [0.2, 0.25) is 0 Å². The smallest absolute Gasteiger partial charge is 0.338 e. The number of hydrogen-bond acceptors (Lipinski definition) is 10. The SMILES string of the molecule is CC(=O)O.CCOC(=O)c1ccc(NC(=O)CC2SC(=NC(c3ccc(CC)cc3)c3c(O)[nH]c(=O)[nH]c3=O)NC2=O)cc1. The quantitative estimate of drug-likeness (QED) is 0.191. The van der Waals surface area contributed by atoms with Crippen LogP contribution in [0.4, 0.5) is 5.69 Å². The van der Waals surface area contributed by atoms with Crippen molar-refractivity contribution in [3.05, 3.63) is 91.6 Å². The molecular formula is C29H31N5O9S. The van der Waals surface area contributed by atoms with Gasteiger partial charge in [0.1, 0.15) is 16.9 Å². The molecule has 2 amide bonds. The van der Waals surface area contributed by atoms with Gasteiger partial charge in [0.05, 0.1) is 12.2 Å². The Balaban J connectivity index is 0.00000124. The van der Waals surface area contributed by atoms with Gasteiger partial charge in [-0.3, -0.25) is 29.1 Å². The van der Waals surface area contributed by atoms with Crippen molar-refractivity contribution in [2.24, 2.45) is 4.99 Å². The van der Waals surface area contributed by atoms with Crippen molar-refractivity contribution in [3.63, 3.8) is 0 Å². The highest BCUT2D eigenvalue weighted by Gasteiger charge is 2.34. The van der Waals surface area contributed by atoms with Crippen molar-refractivity contribution in [2.75, 3.05) is 11.9 Å². The second-order valence-corrected chi connectivity index (χ2v) is 10.5. The van der Waals surface area contributed by atoms with Gasteiger partial charge in [-0.05, 0) is 48.7 Å². The number of aromatic hydroxyl groups is 1. The zero-order valence-electron chi connectivity index (χ0n) is 24.0. The van der Waals surface area contributed by atoms with E-state index in [0.717, 1.165) is 30.7 Å². The van der Waals surface area contributed by atoms with Crippen molar-refractivity contribution in [3.8, 4) is 5.88 Å². The first-order valence-electron chi connectivity index (χ1n) is 13.4. The number of ether oxygens (including phenoxy) is 1. The first-order valence-corrected chi connectivity index (χ1v) is 14.3. The Morgan fingerprint density at radius 2 is 1.66 bits per heavy atom. The summed E-state index contributed by atoms with van der Waals surface area (Å²) in [6.45, 7) is 5.03. The minimum atomic E-state index is -1.06. The van der Waals surface area contributed by atoms with E-state index in [-0.39, 0.29) is 23.8 Å². The number of esters is 1. The Hall–Kier alpha value is -5.18. The average Bonchev–Trinajstić information content (AvgIpc) is 3.30. The molecule has 1 aliphatic rings. The third kappa shape index (κ3) is 9.16. The first kappa shape index (κ1) is 33.3. The lowest BCUT2D eigenvalue weighted by atomic mass is 9.99. The van der Waals surface area contributed by atoms with E-state index in [1.165, 1.54) is 12.1 Å². The van der Waals surface area contributed by atoms with Crippen molar-refractivity contribution < 1.29 is 34.1 Å². The molecule has 2 heterocycles. The van der Waals surface area contributed by atoms with E-state index < -0.39 is 52.2 Å². The van der Waals surface area contributed by atoms with Gasteiger partial charge < -0.3 is 25.6 Å². The number of anilines is 1. The molecule has 1 aliphatic heterocycles. The minimum absolute atomic E-state index is 0.149. The largest absolute Gasteiger partial charge is 0.494 e. The third-order valence-electron chi connectivity index (χ3n) is 6.01. The van der Waals surface area contributed by atoms with Crippen LogP contribution in [0.1, 0.15) is 60.3 Å². The zero-order valence-corrected chi connectivity index (χ0v) is 24.8. The number of aliphatic imine (C=N–C) groups is 1. The van der Waals surface area contributed by atoms with Crippen LogP contribution in [0.15, 0.2) is 63.1 Å². The maximum Gasteiger partial charge on any atom is 0.338 e. The Labute approximate surface area is 255 Å². The third-order valence-corrected chi connectivity index (χ3v) is 7.11. The standard InChI is InChI=1S/C27H27N5O7S.C2H4O2/c1-3-14-5-7-15(8-6-14)21(20-23(35)30-26(38)31-24(20)36)29-27-32-22(34)18(40-27)13-19(33)28-17-11-9-16(10-12-17)25(37)39-4-2;1-2(3)4/h5-12,18,21H,3-4,13H2,1-2H3,(H,28,33)(H,29,32,34)(H3,30,31,35,36,38);1H3,(H,3,4). The number of carboxylic acid groups (broad SMARTS) is 1. The number of aromatic nitrogens is 2. The number of nitrogens with one attached hydrogen (secondary N) is 4. The van der Waals surface area contributed by atoms with Crippen LogP contribution >= 0.6 is 11.8 Å². The number of thioether (sulfide) groups is 1. The molecule has 1 fully saturated rings. The number of nitrogens with zero attached hydrogens (tertiary/aromatic N) is 1. The van der Waals surface area contributed by atoms with E-state index in [9.17, 15) is 29.1 Å². The molecule has 0 saturated carbocycles. The number of aromatic amines is 2. The molecule has 14 nitrogen and oxygen atoms in total. The minimum Gasteiger partial charge on any atom is -0.494 e. The summed E-state index contributed by atoms with van der Waals surface area (Å²) in [6.07, 6.45) is 0.616. The monoisotopic (exact) mass is 625 g/mol. The van der Waals surface area contributed by atoms with Gasteiger partial charge in [0.25, 0.3) is 11.5 Å². The molecule has 1 saturated heterocycles. The second-order valence-electron chi connectivity index (χ2n) is 9.27. The Kier molecular flexibility index (Phi) is 11.6. The molecule has 44 heavy (non-hydrogen) atoms. The van der Waals surface area contributed by atoms with Gasteiger partial charge in [-0.15, -0.1) is 0 Å². The highest BCUT2D eigenvalue weighted by atomic mass is 32.2. The number of H-pyrrole nitrogens is 2. The Bertz CT molecular complexity index is 1660. The molecule has 0 radical (unpaired) electrons. The van der Waals surface area contributed by atoms with Crippen LogP contribution in [0.3, 0.4) is 0 Å². The molecule has 4 rings (SSSR count). The maximum atomic E-state index is 12.7. The van der Waals surface area contributed by atoms with Crippen LogP contribution in [-0.2, 0) is 25.5 Å². The summed E-state index contributed by atoms with van der Waals surface area (Å²) in [7, 11) is 0. The lowest BCUT2D eigenvalue weighted by Crippen LogP contribution is -2.29. The molecule has 15 heteroatoms. The zero-order chi connectivity index (χ0) is 32.4. The molecule has 2 atom stereocenters. The summed E-state index contributed by atoms with van der Waals surface area (Å²) in [5.41, 5.74) is 0.480. The van der Waals surface area contributed by atoms with Crippen molar-refractivity contribution in [1.82, 2.24) is 15.3 Å². The second kappa shape index (κ2) is 15.3. The highest BCUT2D eigenvalue weighted by Crippen LogP contribution is 2.32. The number of aliphatic carboxylic acids is 1. The molecule has 1 aromatic heterocycles. The molecule has 0 spiro atoms. The van der Waals surface area contributed by atoms with E-state index in [0.29, 0.717) is 16.8 Å². The van der Waals surface area contributed by atoms with E-state index in [4.69, 9.17) is 14.6 Å². The van der Waals surface area contributed by atoms with E-state index >= 15 is 0 Å². The summed E-state index contributed by atoms with van der Waals surface area (Å²) >= 11 is 1.01. The lowest BCUT2D eigenvalue weighted by Gasteiger charge is -2.15. The van der Waals surface area contributed by atoms with E-state index in [1.54, 1.807) is 31.2 Å². The molecule has 6 N–H and O–H groups in total. The van der Waals surface area contributed by atoms with Gasteiger partial charge in [0.15, 0.2) is 5.17 Å². The molecule has 3 aromatic rings. The highest BCUT2D eigenvalue weighted by molar-refractivity contribution is 8.15. The van der Waals surface area contributed by atoms with Gasteiger partial charge >= 0.3 is 11.7 Å². The number of rotatable bonds is 9. The number of aryl methyl sites for hydroxylation is 1. The summed E-state index contributed by atoms with van der Waals surface area (Å²) in [4.78, 5) is 79.1. The summed E-state index contributed by atoms with van der Waals surface area (Å²) < 4.78 is 4.94. The number of amides is 2. The van der Waals surface area contributed by atoms with Gasteiger partial charge in [0.2, 0.25) is 17.7 Å². The predicted octanol–water partition coefficient (Wildman–Crippen LogP) is 2.30. The van der Waals surface area contributed by atoms with Gasteiger partial charge in [0, 0.05) is 19.0 Å². The maximum absolute atomic E-state index is 12.7. The fourth-order valence-electron chi connectivity index (χ4n) is 3.98. The topological polar surface area (TPSA) is 220 Å². The fraction of sp³-hybridized carbons (Fsp3) is 0.276. The van der Waals surface area contributed by atoms with Crippen molar-refractivity contribution >= 4 is 46.4 Å². The molecule has 2 aromatic carbocycles. The van der Waals surface area contributed by atoms with Crippen LogP contribution in [0.25, 0.3) is 0 Å². The summed E-state index contributed by atoms with van der Waals surface area (Å²) in [6, 6.07) is 12.3. The van der Waals surface area contributed by atoms with Crippen molar-refractivity contribution in [2.45, 2.75) is 44.9 Å². The Morgan fingerprint density at radius 1 is 1.02 bits per heavy atom. The lowest BCUT2D eigenvalue weighted by molar-refractivity contribution is -0.134. The number of carbonyl (C=O) groups excluding carboxylic acids is 3. The number of benzene rings is 2. The van der Waals surface area contributed by atoms with Gasteiger partial charge in [-0.2, -0.15) is 0 Å². The van der Waals surface area contributed by atoms with E-state index in [1.807, 2.05) is 19.1 Å². The van der Waals surface area contributed by atoms with Crippen LogP contribution < -0.4 is 21.9 Å². The average molecular weight is 626 g/mol. The van der Waals surface area contributed by atoms with E-state index in [2.05, 4.69) is 25.6 Å². The molecule has 232 valence electrons. The van der Waals surface area contributed by atoms with Crippen LogP contribution in [-0.4, -0.2) is 61.0 Å². The van der Waals surface area contributed by atoms with Crippen LogP contribution in [0.5, 0.6) is 5.88 Å². The van der Waals surface area contributed by atoms with Gasteiger partial charge in [-0.1, -0.05) is 43.0 Å².